The van der Waals surface area contributed by atoms with E-state index in [0.717, 1.165) is 5.56 Å². The zero-order chi connectivity index (χ0) is 13.8. The lowest BCUT2D eigenvalue weighted by Gasteiger charge is -2.25. The summed E-state index contributed by atoms with van der Waals surface area (Å²) >= 11 is 6.06. The Hall–Kier alpha value is -1.17. The minimum Gasteiger partial charge on any atom is -0.394 e. The van der Waals surface area contributed by atoms with E-state index in [1.165, 1.54) is 12.1 Å². The number of non-ortho nitro benzene ring substituents is 1. The summed E-state index contributed by atoms with van der Waals surface area (Å²) in [5.41, 5.74) is 0.380. The zero-order valence-electron chi connectivity index (χ0n) is 10.4. The molecule has 1 aromatic carbocycles. The minimum absolute atomic E-state index is 0.0316. The maximum atomic E-state index is 10.6. The van der Waals surface area contributed by atoms with Crippen molar-refractivity contribution >= 4 is 17.3 Å². The third kappa shape index (κ3) is 3.66. The predicted octanol–water partition coefficient (Wildman–Crippen LogP) is 2.53. The van der Waals surface area contributed by atoms with Crippen LogP contribution in [-0.2, 0) is 10.2 Å². The number of hydrogen-bond donors (Lipinski definition) is 1. The van der Waals surface area contributed by atoms with E-state index in [-0.39, 0.29) is 24.3 Å². The smallest absolute Gasteiger partial charge is 0.270 e. The molecule has 0 fully saturated rings. The largest absolute Gasteiger partial charge is 0.394 e. The van der Waals surface area contributed by atoms with E-state index in [1.807, 2.05) is 13.8 Å². The molecule has 1 aromatic rings. The first kappa shape index (κ1) is 14.9. The van der Waals surface area contributed by atoms with E-state index >= 15 is 0 Å². The lowest BCUT2D eigenvalue weighted by molar-refractivity contribution is -0.384. The van der Waals surface area contributed by atoms with Crippen LogP contribution in [0.15, 0.2) is 18.2 Å². The van der Waals surface area contributed by atoms with Crippen molar-refractivity contribution in [1.82, 2.24) is 0 Å². The van der Waals surface area contributed by atoms with Gasteiger partial charge in [0.2, 0.25) is 0 Å². The van der Waals surface area contributed by atoms with Crippen LogP contribution in [0.4, 0.5) is 5.69 Å². The Bertz CT molecular complexity index is 434. The van der Waals surface area contributed by atoms with Gasteiger partial charge in [-0.15, -0.1) is 0 Å². The predicted molar refractivity (Wildman–Crippen MR) is 69.0 cm³/mol. The molecule has 5 nitrogen and oxygen atoms in total. The number of nitrogens with zero attached hydrogens (tertiary/aromatic N) is 1. The van der Waals surface area contributed by atoms with E-state index in [1.54, 1.807) is 6.07 Å². The van der Waals surface area contributed by atoms with E-state index in [4.69, 9.17) is 21.4 Å². The number of aliphatic hydroxyl groups excluding tert-OH is 1. The molecule has 0 aliphatic rings. The quantitative estimate of drug-likeness (QED) is 0.491. The van der Waals surface area contributed by atoms with Gasteiger partial charge in [0.25, 0.3) is 5.69 Å². The summed E-state index contributed by atoms with van der Waals surface area (Å²) in [5.74, 6) is 0. The molecule has 0 radical (unpaired) electrons. The highest BCUT2D eigenvalue weighted by atomic mass is 35.5. The summed E-state index contributed by atoms with van der Waals surface area (Å²) in [5, 5.41) is 19.6. The lowest BCUT2D eigenvalue weighted by atomic mass is 9.85. The molecule has 0 aromatic heterocycles. The summed E-state index contributed by atoms with van der Waals surface area (Å²) in [6.07, 6.45) is 0. The Kier molecular flexibility index (Phi) is 5.07. The highest BCUT2D eigenvalue weighted by molar-refractivity contribution is 6.31. The summed E-state index contributed by atoms with van der Waals surface area (Å²) < 4.78 is 5.29. The lowest BCUT2D eigenvalue weighted by Crippen LogP contribution is -2.25. The molecule has 18 heavy (non-hydrogen) atoms. The van der Waals surface area contributed by atoms with Crippen LogP contribution in [0.1, 0.15) is 19.4 Å². The van der Waals surface area contributed by atoms with Crippen LogP contribution in [-0.4, -0.2) is 29.9 Å². The number of aliphatic hydroxyl groups is 1. The highest BCUT2D eigenvalue weighted by Crippen LogP contribution is 2.32. The van der Waals surface area contributed by atoms with Gasteiger partial charge in [-0.3, -0.25) is 10.1 Å². The average Bonchev–Trinajstić information content (AvgIpc) is 2.28. The van der Waals surface area contributed by atoms with Crippen LogP contribution in [0, 0.1) is 10.1 Å². The Labute approximate surface area is 110 Å². The van der Waals surface area contributed by atoms with Crippen LogP contribution in [0.3, 0.4) is 0 Å². The summed E-state index contributed by atoms with van der Waals surface area (Å²) in [4.78, 5) is 10.1. The van der Waals surface area contributed by atoms with Crippen molar-refractivity contribution < 1.29 is 14.8 Å². The summed E-state index contributed by atoms with van der Waals surface area (Å²) in [7, 11) is 0. The van der Waals surface area contributed by atoms with Crippen molar-refractivity contribution in [2.45, 2.75) is 19.3 Å². The third-order valence-electron chi connectivity index (χ3n) is 2.59. The molecular weight excluding hydrogens is 258 g/mol. The van der Waals surface area contributed by atoms with Crippen LogP contribution in [0.5, 0.6) is 0 Å². The van der Waals surface area contributed by atoms with E-state index in [0.29, 0.717) is 11.6 Å². The SMILES string of the molecule is CC(C)(COCCO)c1ccc([N+](=O)[O-])cc1Cl. The van der Waals surface area contributed by atoms with E-state index in [9.17, 15) is 10.1 Å². The van der Waals surface area contributed by atoms with E-state index in [2.05, 4.69) is 0 Å². The monoisotopic (exact) mass is 273 g/mol. The molecule has 0 amide bonds. The van der Waals surface area contributed by atoms with Gasteiger partial charge in [0, 0.05) is 17.5 Å². The van der Waals surface area contributed by atoms with Gasteiger partial charge >= 0.3 is 0 Å². The average molecular weight is 274 g/mol. The molecule has 6 heteroatoms. The molecule has 0 heterocycles. The normalized spacial score (nSPS) is 11.6. The van der Waals surface area contributed by atoms with E-state index < -0.39 is 4.92 Å². The van der Waals surface area contributed by atoms with Crippen molar-refractivity contribution in [3.8, 4) is 0 Å². The summed E-state index contributed by atoms with van der Waals surface area (Å²) in [6, 6.07) is 4.41. The molecule has 0 saturated heterocycles. The van der Waals surface area contributed by atoms with Crippen LogP contribution in [0.2, 0.25) is 5.02 Å². The molecule has 1 N–H and O–H groups in total. The van der Waals surface area contributed by atoms with Gasteiger partial charge in [-0.2, -0.15) is 0 Å². The first-order valence-electron chi connectivity index (χ1n) is 5.51. The molecule has 0 aliphatic carbocycles. The molecule has 0 spiro atoms. The van der Waals surface area contributed by atoms with Crippen molar-refractivity contribution in [2.24, 2.45) is 0 Å². The van der Waals surface area contributed by atoms with Crippen LogP contribution in [0.25, 0.3) is 0 Å². The van der Waals surface area contributed by atoms with Gasteiger partial charge in [-0.1, -0.05) is 31.5 Å². The molecule has 0 bridgehead atoms. The number of halogens is 1. The Morgan fingerprint density at radius 3 is 2.67 bits per heavy atom. The summed E-state index contributed by atoms with van der Waals surface area (Å²) in [6.45, 7) is 4.46. The highest BCUT2D eigenvalue weighted by Gasteiger charge is 2.25. The Morgan fingerprint density at radius 2 is 2.17 bits per heavy atom. The van der Waals surface area contributed by atoms with Crippen LogP contribution < -0.4 is 0 Å². The molecular formula is C12H16ClNO4. The maximum absolute atomic E-state index is 10.6. The standard InChI is InChI=1S/C12H16ClNO4/c1-12(2,8-18-6-5-15)10-4-3-9(14(16)17)7-11(10)13/h3-4,7,15H,5-6,8H2,1-2H3. The third-order valence-corrected chi connectivity index (χ3v) is 2.90. The van der Waals surface area contributed by atoms with Gasteiger partial charge in [-0.05, 0) is 5.56 Å². The Morgan fingerprint density at radius 1 is 1.50 bits per heavy atom. The topological polar surface area (TPSA) is 72.6 Å². The van der Waals surface area contributed by atoms with Gasteiger partial charge in [0.05, 0.1) is 29.8 Å². The van der Waals surface area contributed by atoms with Gasteiger partial charge in [0.1, 0.15) is 0 Å². The maximum Gasteiger partial charge on any atom is 0.270 e. The fraction of sp³-hybridized carbons (Fsp3) is 0.500. The number of nitro groups is 1. The molecule has 0 atom stereocenters. The fourth-order valence-corrected chi connectivity index (χ4v) is 2.07. The second-order valence-electron chi connectivity index (χ2n) is 4.58. The van der Waals surface area contributed by atoms with Gasteiger partial charge in [0.15, 0.2) is 0 Å². The fourth-order valence-electron chi connectivity index (χ4n) is 1.64. The molecule has 1 rings (SSSR count). The van der Waals surface area contributed by atoms with Gasteiger partial charge in [-0.25, -0.2) is 0 Å². The molecule has 100 valence electrons. The van der Waals surface area contributed by atoms with Crippen molar-refractivity contribution in [3.63, 3.8) is 0 Å². The molecule has 0 saturated carbocycles. The van der Waals surface area contributed by atoms with Crippen LogP contribution >= 0.6 is 11.6 Å². The number of rotatable bonds is 6. The second kappa shape index (κ2) is 6.13. The second-order valence-corrected chi connectivity index (χ2v) is 4.99. The zero-order valence-corrected chi connectivity index (χ0v) is 11.1. The number of ether oxygens (including phenoxy) is 1. The molecule has 0 unspecified atom stereocenters. The van der Waals surface area contributed by atoms with Crippen molar-refractivity contribution in [2.75, 3.05) is 19.8 Å². The number of benzene rings is 1. The van der Waals surface area contributed by atoms with Crippen molar-refractivity contribution in [3.05, 3.63) is 38.9 Å². The minimum atomic E-state index is -0.481. The first-order chi connectivity index (χ1) is 8.38. The van der Waals surface area contributed by atoms with Gasteiger partial charge < -0.3 is 9.84 Å². The Balaban J connectivity index is 2.91. The van der Waals surface area contributed by atoms with Crippen molar-refractivity contribution in [1.29, 1.82) is 0 Å². The number of hydrogen-bond acceptors (Lipinski definition) is 4. The first-order valence-corrected chi connectivity index (χ1v) is 5.89. The molecule has 0 aliphatic heterocycles. The number of nitro benzene ring substituents is 1.